The van der Waals surface area contributed by atoms with Crippen LogP contribution in [0.25, 0.3) is 22.5 Å². The molecule has 0 spiro atoms. The maximum absolute atomic E-state index is 5.88. The maximum Gasteiger partial charge on any atom is 0.221 e. The van der Waals surface area contributed by atoms with Gasteiger partial charge in [0.25, 0.3) is 0 Å². The summed E-state index contributed by atoms with van der Waals surface area (Å²) in [7, 11) is 0. The highest BCUT2D eigenvalue weighted by Crippen LogP contribution is 2.25. The lowest BCUT2D eigenvalue weighted by Crippen LogP contribution is -1.98. The number of hydrogen-bond donors (Lipinski definition) is 1. The lowest BCUT2D eigenvalue weighted by Gasteiger charge is -2.07. The van der Waals surface area contributed by atoms with E-state index in [0.717, 1.165) is 22.5 Å². The fourth-order valence-electron chi connectivity index (χ4n) is 2.29. The summed E-state index contributed by atoms with van der Waals surface area (Å²) in [4.78, 5) is 8.70. The molecule has 0 atom stereocenters. The van der Waals surface area contributed by atoms with Crippen molar-refractivity contribution in [2.24, 2.45) is 0 Å². The first-order valence-electron chi connectivity index (χ1n) is 6.90. The summed E-state index contributed by atoms with van der Waals surface area (Å²) in [6, 6.07) is 18.4. The van der Waals surface area contributed by atoms with Crippen LogP contribution in [-0.2, 0) is 0 Å². The summed E-state index contributed by atoms with van der Waals surface area (Å²) in [6.45, 7) is 4.13. The first-order chi connectivity index (χ1) is 10.1. The molecule has 2 aromatic carbocycles. The van der Waals surface area contributed by atoms with Crippen molar-refractivity contribution in [1.82, 2.24) is 9.97 Å². The van der Waals surface area contributed by atoms with Gasteiger partial charge in [-0.25, -0.2) is 9.97 Å². The van der Waals surface area contributed by atoms with Crippen LogP contribution in [0.5, 0.6) is 0 Å². The fourth-order valence-corrected chi connectivity index (χ4v) is 2.29. The van der Waals surface area contributed by atoms with E-state index < -0.39 is 0 Å². The van der Waals surface area contributed by atoms with Crippen LogP contribution in [0.3, 0.4) is 0 Å². The molecule has 0 unspecified atom stereocenters. The number of nitrogens with two attached hydrogens (primary N) is 1. The van der Waals surface area contributed by atoms with E-state index in [-0.39, 0.29) is 0 Å². The average Bonchev–Trinajstić information content (AvgIpc) is 2.47. The van der Waals surface area contributed by atoms with E-state index in [1.807, 2.05) is 18.2 Å². The monoisotopic (exact) mass is 275 g/mol. The van der Waals surface area contributed by atoms with Crippen LogP contribution in [-0.4, -0.2) is 9.97 Å². The molecule has 3 aromatic rings. The van der Waals surface area contributed by atoms with E-state index in [1.54, 1.807) is 0 Å². The molecule has 0 saturated heterocycles. The molecule has 21 heavy (non-hydrogen) atoms. The molecular weight excluding hydrogens is 258 g/mol. The van der Waals surface area contributed by atoms with Crippen molar-refractivity contribution in [3.8, 4) is 22.5 Å². The zero-order valence-electron chi connectivity index (χ0n) is 12.2. The zero-order chi connectivity index (χ0) is 14.8. The van der Waals surface area contributed by atoms with Crippen LogP contribution in [0.15, 0.2) is 54.6 Å². The van der Waals surface area contributed by atoms with Crippen LogP contribution in [0.2, 0.25) is 0 Å². The quantitative estimate of drug-likeness (QED) is 0.768. The number of hydrogen-bond acceptors (Lipinski definition) is 3. The Morgan fingerprint density at radius 2 is 1.38 bits per heavy atom. The molecule has 0 fully saturated rings. The number of nitrogen functional groups attached to an aromatic ring is 1. The van der Waals surface area contributed by atoms with E-state index in [1.165, 1.54) is 11.1 Å². The summed E-state index contributed by atoms with van der Waals surface area (Å²) < 4.78 is 0. The standard InChI is InChI=1S/C18H17N3/c1-12-6-8-14(9-7-12)16-11-17(21-18(19)20-16)15-5-3-4-13(2)10-15/h3-11H,1-2H3,(H2,19,20,21). The minimum absolute atomic E-state index is 0.296. The third-order valence-electron chi connectivity index (χ3n) is 3.40. The average molecular weight is 275 g/mol. The van der Waals surface area contributed by atoms with Gasteiger partial charge >= 0.3 is 0 Å². The first-order valence-corrected chi connectivity index (χ1v) is 6.90. The number of rotatable bonds is 2. The molecule has 1 heterocycles. The molecule has 3 rings (SSSR count). The van der Waals surface area contributed by atoms with Crippen molar-refractivity contribution in [3.63, 3.8) is 0 Å². The summed E-state index contributed by atoms with van der Waals surface area (Å²) in [5, 5.41) is 0. The van der Waals surface area contributed by atoms with Gasteiger partial charge in [0.1, 0.15) is 0 Å². The van der Waals surface area contributed by atoms with Crippen LogP contribution in [0.4, 0.5) is 5.95 Å². The molecule has 3 heteroatoms. The number of benzene rings is 2. The lowest BCUT2D eigenvalue weighted by molar-refractivity contribution is 1.19. The Labute approximate surface area is 124 Å². The molecule has 0 aliphatic heterocycles. The van der Waals surface area contributed by atoms with Crippen LogP contribution in [0, 0.1) is 13.8 Å². The molecule has 0 aliphatic rings. The number of nitrogens with zero attached hydrogens (tertiary/aromatic N) is 2. The Morgan fingerprint density at radius 3 is 2.05 bits per heavy atom. The van der Waals surface area contributed by atoms with Gasteiger partial charge in [0.15, 0.2) is 0 Å². The number of aryl methyl sites for hydroxylation is 2. The van der Waals surface area contributed by atoms with Gasteiger partial charge in [-0.3, -0.25) is 0 Å². The van der Waals surface area contributed by atoms with Gasteiger partial charge < -0.3 is 5.73 Å². The highest BCUT2D eigenvalue weighted by molar-refractivity contribution is 5.69. The highest BCUT2D eigenvalue weighted by Gasteiger charge is 2.07. The van der Waals surface area contributed by atoms with Crippen molar-refractivity contribution in [1.29, 1.82) is 0 Å². The van der Waals surface area contributed by atoms with E-state index >= 15 is 0 Å². The van der Waals surface area contributed by atoms with Crippen LogP contribution >= 0.6 is 0 Å². The molecular formula is C18H17N3. The smallest absolute Gasteiger partial charge is 0.221 e. The lowest BCUT2D eigenvalue weighted by atomic mass is 10.1. The van der Waals surface area contributed by atoms with Crippen molar-refractivity contribution in [3.05, 3.63) is 65.7 Å². The minimum atomic E-state index is 0.296. The third kappa shape index (κ3) is 2.92. The molecule has 2 N–H and O–H groups in total. The van der Waals surface area contributed by atoms with Crippen molar-refractivity contribution in [2.45, 2.75) is 13.8 Å². The Morgan fingerprint density at radius 1 is 0.714 bits per heavy atom. The molecule has 0 amide bonds. The third-order valence-corrected chi connectivity index (χ3v) is 3.40. The van der Waals surface area contributed by atoms with Crippen LogP contribution in [0.1, 0.15) is 11.1 Å². The topological polar surface area (TPSA) is 51.8 Å². The second-order valence-electron chi connectivity index (χ2n) is 5.23. The van der Waals surface area contributed by atoms with Gasteiger partial charge in [0.2, 0.25) is 5.95 Å². The fraction of sp³-hybridized carbons (Fsp3) is 0.111. The van der Waals surface area contributed by atoms with E-state index in [4.69, 9.17) is 5.73 Å². The van der Waals surface area contributed by atoms with Crippen LogP contribution < -0.4 is 5.73 Å². The predicted octanol–water partition coefficient (Wildman–Crippen LogP) is 4.01. The van der Waals surface area contributed by atoms with Gasteiger partial charge in [-0.05, 0) is 26.0 Å². The SMILES string of the molecule is Cc1ccc(-c2cc(-c3cccc(C)c3)nc(N)n2)cc1. The largest absolute Gasteiger partial charge is 0.368 e. The molecule has 1 aromatic heterocycles. The predicted molar refractivity (Wildman–Crippen MR) is 86.8 cm³/mol. The van der Waals surface area contributed by atoms with Gasteiger partial charge in [-0.1, -0.05) is 53.6 Å². The normalized spacial score (nSPS) is 10.6. The Balaban J connectivity index is 2.10. The van der Waals surface area contributed by atoms with E-state index in [9.17, 15) is 0 Å². The highest BCUT2D eigenvalue weighted by atomic mass is 15.0. The van der Waals surface area contributed by atoms with Crippen molar-refractivity contribution >= 4 is 5.95 Å². The summed E-state index contributed by atoms with van der Waals surface area (Å²) in [5.74, 6) is 0.296. The molecule has 0 aliphatic carbocycles. The summed E-state index contributed by atoms with van der Waals surface area (Å²) in [6.07, 6.45) is 0. The van der Waals surface area contributed by atoms with Gasteiger partial charge in [-0.2, -0.15) is 0 Å². The van der Waals surface area contributed by atoms with E-state index in [2.05, 4.69) is 60.2 Å². The van der Waals surface area contributed by atoms with Crippen molar-refractivity contribution in [2.75, 3.05) is 5.73 Å². The zero-order valence-corrected chi connectivity index (χ0v) is 12.2. The molecule has 104 valence electrons. The minimum Gasteiger partial charge on any atom is -0.368 e. The second-order valence-corrected chi connectivity index (χ2v) is 5.23. The Bertz CT molecular complexity index is 777. The summed E-state index contributed by atoms with van der Waals surface area (Å²) in [5.41, 5.74) is 12.1. The van der Waals surface area contributed by atoms with Gasteiger partial charge in [0.05, 0.1) is 11.4 Å². The Kier molecular flexibility index (Phi) is 3.40. The van der Waals surface area contributed by atoms with Crippen molar-refractivity contribution < 1.29 is 0 Å². The second kappa shape index (κ2) is 5.37. The number of anilines is 1. The maximum atomic E-state index is 5.88. The number of aromatic nitrogens is 2. The van der Waals surface area contributed by atoms with Gasteiger partial charge in [-0.15, -0.1) is 0 Å². The van der Waals surface area contributed by atoms with E-state index in [0.29, 0.717) is 5.95 Å². The molecule has 3 nitrogen and oxygen atoms in total. The summed E-state index contributed by atoms with van der Waals surface area (Å²) >= 11 is 0. The first kappa shape index (κ1) is 13.3. The molecule has 0 radical (unpaired) electrons. The Hall–Kier alpha value is -2.68. The molecule has 0 saturated carbocycles. The molecule has 0 bridgehead atoms. The van der Waals surface area contributed by atoms with Gasteiger partial charge in [0, 0.05) is 11.1 Å².